The van der Waals surface area contributed by atoms with E-state index < -0.39 is 5.60 Å². The summed E-state index contributed by atoms with van der Waals surface area (Å²) in [5.74, 6) is 1.57. The van der Waals surface area contributed by atoms with Gasteiger partial charge in [-0.05, 0) is 39.2 Å². The third kappa shape index (κ3) is 5.25. The minimum absolute atomic E-state index is 0.324. The van der Waals surface area contributed by atoms with Crippen LogP contribution in [0.3, 0.4) is 0 Å². The maximum Gasteiger partial charge on any atom is 0.191 e. The summed E-state index contributed by atoms with van der Waals surface area (Å²) in [7, 11) is 1.83. The minimum Gasteiger partial charge on any atom is -0.490 e. The number of nitrogens with zero attached hydrogens (tertiary/aromatic N) is 3. The highest BCUT2D eigenvalue weighted by Crippen LogP contribution is 2.28. The van der Waals surface area contributed by atoms with E-state index in [2.05, 4.69) is 20.7 Å². The average molecular weight is 386 g/mol. The van der Waals surface area contributed by atoms with E-state index in [9.17, 15) is 5.11 Å². The Labute approximate surface area is 166 Å². The number of rotatable bonds is 8. The van der Waals surface area contributed by atoms with Crippen molar-refractivity contribution >= 4 is 5.96 Å². The molecule has 3 N–H and O–H groups in total. The molecule has 0 spiro atoms. The zero-order chi connectivity index (χ0) is 20.0. The zero-order valence-electron chi connectivity index (χ0n) is 17.0. The molecular formula is C21H31N5O2. The monoisotopic (exact) mass is 385 g/mol. The van der Waals surface area contributed by atoms with Crippen LogP contribution in [0.4, 0.5) is 0 Å². The minimum atomic E-state index is -1.05. The number of guanidine groups is 1. The van der Waals surface area contributed by atoms with Crippen LogP contribution in [-0.4, -0.2) is 40.0 Å². The van der Waals surface area contributed by atoms with E-state index in [0.29, 0.717) is 25.2 Å². The summed E-state index contributed by atoms with van der Waals surface area (Å²) in [5, 5.41) is 21.4. The van der Waals surface area contributed by atoms with Crippen LogP contribution in [0.25, 0.3) is 0 Å². The van der Waals surface area contributed by atoms with E-state index in [-0.39, 0.29) is 0 Å². The Morgan fingerprint density at radius 1 is 1.36 bits per heavy atom. The van der Waals surface area contributed by atoms with Crippen LogP contribution in [0.15, 0.2) is 41.7 Å². The summed E-state index contributed by atoms with van der Waals surface area (Å²) in [6.45, 7) is 5.35. The van der Waals surface area contributed by atoms with Crippen LogP contribution < -0.4 is 15.4 Å². The molecule has 1 aromatic carbocycles. The molecule has 1 atom stereocenters. The standard InChI is InChI=1S/C21H31N5O2/c1-4-22-20(24-15-21(2,27)17-13-25-26(3)14-17)23-12-16-8-5-6-11-19(16)28-18-9-7-10-18/h5-6,8,11,13-14,18,27H,4,7,9-10,12,15H2,1-3H3,(H2,22,23,24). The van der Waals surface area contributed by atoms with Crippen molar-refractivity contribution in [3.05, 3.63) is 47.8 Å². The second-order valence-corrected chi connectivity index (χ2v) is 7.50. The Hall–Kier alpha value is -2.54. The Bertz CT molecular complexity index is 796. The largest absolute Gasteiger partial charge is 0.490 e. The number of hydrogen-bond donors (Lipinski definition) is 3. The molecule has 7 nitrogen and oxygen atoms in total. The van der Waals surface area contributed by atoms with E-state index >= 15 is 0 Å². The van der Waals surface area contributed by atoms with Gasteiger partial charge in [-0.25, -0.2) is 4.99 Å². The summed E-state index contributed by atoms with van der Waals surface area (Å²) in [5.41, 5.74) is 0.776. The normalized spacial score (nSPS) is 16.9. The Kier molecular flexibility index (Phi) is 6.57. The molecule has 1 saturated carbocycles. The van der Waals surface area contributed by atoms with Crippen LogP contribution >= 0.6 is 0 Å². The van der Waals surface area contributed by atoms with E-state index in [4.69, 9.17) is 4.74 Å². The maximum atomic E-state index is 10.8. The molecular weight excluding hydrogens is 354 g/mol. The molecule has 0 amide bonds. The Morgan fingerprint density at radius 3 is 2.79 bits per heavy atom. The molecule has 1 aliphatic rings. The van der Waals surface area contributed by atoms with Gasteiger partial charge in [0.2, 0.25) is 0 Å². The molecule has 0 radical (unpaired) electrons. The zero-order valence-corrected chi connectivity index (χ0v) is 17.0. The van der Waals surface area contributed by atoms with E-state index in [1.807, 2.05) is 44.4 Å². The highest BCUT2D eigenvalue weighted by Gasteiger charge is 2.25. The van der Waals surface area contributed by atoms with Crippen LogP contribution in [0.5, 0.6) is 5.75 Å². The van der Waals surface area contributed by atoms with Crippen LogP contribution in [-0.2, 0) is 19.2 Å². The molecule has 2 aromatic rings. The molecule has 1 heterocycles. The number of hydrogen-bond acceptors (Lipinski definition) is 4. The lowest BCUT2D eigenvalue weighted by Crippen LogP contribution is -2.44. The summed E-state index contributed by atoms with van der Waals surface area (Å²) in [4.78, 5) is 4.68. The molecule has 152 valence electrons. The fraction of sp³-hybridized carbons (Fsp3) is 0.524. The quantitative estimate of drug-likeness (QED) is 0.480. The van der Waals surface area contributed by atoms with Gasteiger partial charge >= 0.3 is 0 Å². The molecule has 7 heteroatoms. The van der Waals surface area contributed by atoms with Crippen LogP contribution in [0.1, 0.15) is 44.2 Å². The molecule has 3 rings (SSSR count). The molecule has 1 aromatic heterocycles. The van der Waals surface area contributed by atoms with E-state index in [1.54, 1.807) is 17.8 Å². The van der Waals surface area contributed by atoms with Gasteiger partial charge in [0.15, 0.2) is 5.96 Å². The molecule has 0 saturated heterocycles. The predicted molar refractivity (Wildman–Crippen MR) is 110 cm³/mol. The molecule has 0 aliphatic heterocycles. The Balaban J connectivity index is 1.64. The SMILES string of the molecule is CCNC(=NCc1ccccc1OC1CCC1)NCC(C)(O)c1cnn(C)c1. The first-order valence-corrected chi connectivity index (χ1v) is 9.96. The first kappa shape index (κ1) is 20.2. The molecule has 1 aliphatic carbocycles. The highest BCUT2D eigenvalue weighted by atomic mass is 16.5. The third-order valence-corrected chi connectivity index (χ3v) is 5.00. The molecule has 28 heavy (non-hydrogen) atoms. The number of aryl methyl sites for hydroxylation is 1. The first-order valence-electron chi connectivity index (χ1n) is 9.96. The molecule has 1 fully saturated rings. The van der Waals surface area contributed by atoms with E-state index in [0.717, 1.165) is 36.3 Å². The number of aliphatic hydroxyl groups is 1. The fourth-order valence-corrected chi connectivity index (χ4v) is 2.98. The van der Waals surface area contributed by atoms with Gasteiger partial charge in [-0.3, -0.25) is 4.68 Å². The maximum absolute atomic E-state index is 10.8. The summed E-state index contributed by atoms with van der Waals surface area (Å²) < 4.78 is 7.77. The number of para-hydroxylation sites is 1. The Morgan fingerprint density at radius 2 is 2.14 bits per heavy atom. The van der Waals surface area contributed by atoms with Crippen LogP contribution in [0, 0.1) is 0 Å². The number of nitrogens with one attached hydrogen (secondary N) is 2. The van der Waals surface area contributed by atoms with Gasteiger partial charge in [0, 0.05) is 30.9 Å². The first-order chi connectivity index (χ1) is 13.5. The number of ether oxygens (including phenoxy) is 1. The predicted octanol–water partition coefficient (Wildman–Crippen LogP) is 2.31. The van der Waals surface area contributed by atoms with Gasteiger partial charge in [-0.1, -0.05) is 18.2 Å². The second-order valence-electron chi connectivity index (χ2n) is 7.50. The third-order valence-electron chi connectivity index (χ3n) is 5.00. The smallest absolute Gasteiger partial charge is 0.191 e. The van der Waals surface area contributed by atoms with Crippen molar-refractivity contribution in [3.8, 4) is 5.75 Å². The fourth-order valence-electron chi connectivity index (χ4n) is 2.98. The van der Waals surface area contributed by atoms with Gasteiger partial charge in [-0.15, -0.1) is 0 Å². The average Bonchev–Trinajstić information content (AvgIpc) is 3.09. The second kappa shape index (κ2) is 9.10. The van der Waals surface area contributed by atoms with Crippen molar-refractivity contribution < 1.29 is 9.84 Å². The van der Waals surface area contributed by atoms with Crippen LogP contribution in [0.2, 0.25) is 0 Å². The lowest BCUT2D eigenvalue weighted by molar-refractivity contribution is 0.0616. The van der Waals surface area contributed by atoms with E-state index in [1.165, 1.54) is 6.42 Å². The topological polar surface area (TPSA) is 83.7 Å². The summed E-state index contributed by atoms with van der Waals surface area (Å²) >= 11 is 0. The number of aromatic nitrogens is 2. The number of benzene rings is 1. The highest BCUT2D eigenvalue weighted by molar-refractivity contribution is 5.79. The molecule has 0 bridgehead atoms. The van der Waals surface area contributed by atoms with Crippen molar-refractivity contribution in [2.75, 3.05) is 13.1 Å². The van der Waals surface area contributed by atoms with Gasteiger partial charge in [0.25, 0.3) is 0 Å². The summed E-state index contributed by atoms with van der Waals surface area (Å²) in [6.07, 6.45) is 7.35. The van der Waals surface area contributed by atoms with Gasteiger partial charge in [0.05, 0.1) is 25.4 Å². The van der Waals surface area contributed by atoms with Crippen molar-refractivity contribution in [1.29, 1.82) is 0 Å². The molecule has 1 unspecified atom stereocenters. The van der Waals surface area contributed by atoms with Crippen molar-refractivity contribution in [2.24, 2.45) is 12.0 Å². The van der Waals surface area contributed by atoms with Gasteiger partial charge in [-0.2, -0.15) is 5.10 Å². The van der Waals surface area contributed by atoms with Crippen molar-refractivity contribution in [2.45, 2.75) is 51.4 Å². The van der Waals surface area contributed by atoms with Crippen molar-refractivity contribution in [1.82, 2.24) is 20.4 Å². The number of aliphatic imine (C=N–C) groups is 1. The van der Waals surface area contributed by atoms with Crippen molar-refractivity contribution in [3.63, 3.8) is 0 Å². The lowest BCUT2D eigenvalue weighted by Gasteiger charge is -2.27. The lowest BCUT2D eigenvalue weighted by atomic mass is 9.96. The van der Waals surface area contributed by atoms with Gasteiger partial charge < -0.3 is 20.5 Å². The van der Waals surface area contributed by atoms with Gasteiger partial charge in [0.1, 0.15) is 11.4 Å². The summed E-state index contributed by atoms with van der Waals surface area (Å²) in [6, 6.07) is 8.06.